The van der Waals surface area contributed by atoms with Crippen molar-refractivity contribution in [2.45, 2.75) is 32.2 Å². The fourth-order valence-electron chi connectivity index (χ4n) is 0.801. The van der Waals surface area contributed by atoms with E-state index in [-0.39, 0.29) is 11.0 Å². The molecule has 0 rings (SSSR count). The van der Waals surface area contributed by atoms with Crippen LogP contribution in [0.3, 0.4) is 0 Å². The summed E-state index contributed by atoms with van der Waals surface area (Å²) in [5.41, 5.74) is 4.94. The number of nitrogens with two attached hydrogens (primary N) is 1. The van der Waals surface area contributed by atoms with Crippen LogP contribution in [-0.4, -0.2) is 23.0 Å². The van der Waals surface area contributed by atoms with E-state index in [1.807, 2.05) is 20.8 Å². The largest absolute Gasteiger partial charge is 0.399 e. The highest BCUT2D eigenvalue weighted by Crippen LogP contribution is 2.31. The number of hydrogen-bond donors (Lipinski definition) is 2. The van der Waals surface area contributed by atoms with Crippen LogP contribution in [0.5, 0.6) is 0 Å². The highest BCUT2D eigenvalue weighted by Gasteiger charge is 2.41. The minimum absolute atomic E-state index is 0.134. The monoisotopic (exact) mass is 242 g/mol. The Labute approximate surface area is 92.3 Å². The van der Waals surface area contributed by atoms with Crippen LogP contribution < -0.4 is 5.73 Å². The first-order chi connectivity index (χ1) is 6.66. The van der Waals surface area contributed by atoms with Gasteiger partial charge in [-0.1, -0.05) is 20.8 Å². The zero-order valence-electron chi connectivity index (χ0n) is 9.06. The quantitative estimate of drug-likeness (QED) is 0.575. The van der Waals surface area contributed by atoms with E-state index in [1.54, 1.807) is 0 Å². The van der Waals surface area contributed by atoms with Gasteiger partial charge in [0.05, 0.1) is 0 Å². The summed E-state index contributed by atoms with van der Waals surface area (Å²) in [6.45, 7) is 5.78. The molecule has 0 aliphatic carbocycles. The first-order valence-corrected chi connectivity index (χ1v) is 5.73. The molecule has 0 fully saturated rings. The predicted octanol–water partition coefficient (Wildman–Crippen LogP) is 2.88. The van der Waals surface area contributed by atoms with Gasteiger partial charge in [0.15, 0.2) is 0 Å². The predicted molar refractivity (Wildman–Crippen MR) is 58.2 cm³/mol. The smallest absolute Gasteiger partial charge is 0.387 e. The normalized spacial score (nSPS) is 16.5. The maximum absolute atomic E-state index is 12.4. The Morgan fingerprint density at radius 2 is 1.80 bits per heavy atom. The van der Waals surface area contributed by atoms with E-state index in [4.69, 9.17) is 11.1 Å². The summed E-state index contributed by atoms with van der Waals surface area (Å²) < 4.78 is 37.2. The van der Waals surface area contributed by atoms with Gasteiger partial charge < -0.3 is 5.73 Å². The molecular weight excluding hydrogens is 225 g/mol. The molecular formula is C9H17F3N2S. The molecule has 2 unspecified atom stereocenters. The first-order valence-electron chi connectivity index (χ1n) is 4.68. The van der Waals surface area contributed by atoms with Gasteiger partial charge in [0, 0.05) is 11.0 Å². The number of amidine groups is 1. The number of nitrogens with one attached hydrogen (secondary N) is 1. The van der Waals surface area contributed by atoms with Crippen molar-refractivity contribution in [2.75, 3.05) is 5.75 Å². The molecule has 0 spiro atoms. The van der Waals surface area contributed by atoms with E-state index in [9.17, 15) is 13.2 Å². The summed E-state index contributed by atoms with van der Waals surface area (Å²) in [7, 11) is 0. The van der Waals surface area contributed by atoms with Crippen molar-refractivity contribution in [1.29, 1.82) is 5.41 Å². The zero-order valence-corrected chi connectivity index (χ0v) is 9.88. The standard InChI is InChI=1S/C9H17F3N2S/c1-5(2)6(3)15-4-7(8(13)14)9(10,11)12/h5-7H,4H2,1-3H3,(H3,13,14). The van der Waals surface area contributed by atoms with Gasteiger partial charge in [-0.2, -0.15) is 24.9 Å². The van der Waals surface area contributed by atoms with E-state index in [0.717, 1.165) is 0 Å². The maximum atomic E-state index is 12.4. The Morgan fingerprint density at radius 1 is 1.33 bits per heavy atom. The van der Waals surface area contributed by atoms with Crippen molar-refractivity contribution in [3.05, 3.63) is 0 Å². The van der Waals surface area contributed by atoms with Crippen molar-refractivity contribution in [2.24, 2.45) is 17.6 Å². The Balaban J connectivity index is 4.27. The second kappa shape index (κ2) is 5.63. The van der Waals surface area contributed by atoms with Crippen LogP contribution in [0.25, 0.3) is 0 Å². The molecule has 0 amide bonds. The van der Waals surface area contributed by atoms with E-state index in [2.05, 4.69) is 0 Å². The van der Waals surface area contributed by atoms with Crippen LogP contribution in [0.1, 0.15) is 20.8 Å². The van der Waals surface area contributed by atoms with Crippen LogP contribution in [0.4, 0.5) is 13.2 Å². The zero-order chi connectivity index (χ0) is 12.2. The van der Waals surface area contributed by atoms with E-state index >= 15 is 0 Å². The summed E-state index contributed by atoms with van der Waals surface area (Å²) in [4.78, 5) is 0. The molecule has 6 heteroatoms. The second-order valence-corrected chi connectivity index (χ2v) is 5.24. The Bertz CT molecular complexity index is 216. The molecule has 90 valence electrons. The molecule has 2 atom stereocenters. The van der Waals surface area contributed by atoms with E-state index in [1.165, 1.54) is 11.8 Å². The lowest BCUT2D eigenvalue weighted by atomic mass is 10.1. The molecule has 15 heavy (non-hydrogen) atoms. The maximum Gasteiger partial charge on any atom is 0.399 e. The van der Waals surface area contributed by atoms with Gasteiger partial charge in [-0.3, -0.25) is 5.41 Å². The molecule has 0 aromatic heterocycles. The average Bonchev–Trinajstić information content (AvgIpc) is 2.00. The molecule has 0 aliphatic rings. The third kappa shape index (κ3) is 5.30. The van der Waals surface area contributed by atoms with Crippen molar-refractivity contribution < 1.29 is 13.2 Å². The number of rotatable bonds is 5. The van der Waals surface area contributed by atoms with Gasteiger partial charge in [-0.25, -0.2) is 0 Å². The van der Waals surface area contributed by atoms with Gasteiger partial charge in [0.2, 0.25) is 0 Å². The molecule has 0 radical (unpaired) electrons. The Hall–Kier alpha value is -0.390. The molecule has 0 aliphatic heterocycles. The number of hydrogen-bond acceptors (Lipinski definition) is 2. The van der Waals surface area contributed by atoms with Crippen molar-refractivity contribution in [3.63, 3.8) is 0 Å². The topological polar surface area (TPSA) is 49.9 Å². The van der Waals surface area contributed by atoms with Gasteiger partial charge in [-0.15, -0.1) is 0 Å². The minimum atomic E-state index is -4.41. The van der Waals surface area contributed by atoms with E-state index < -0.39 is 17.9 Å². The number of halogens is 3. The Kier molecular flexibility index (Phi) is 5.48. The molecule has 0 aromatic rings. The van der Waals surface area contributed by atoms with E-state index in [0.29, 0.717) is 5.92 Å². The lowest BCUT2D eigenvalue weighted by Crippen LogP contribution is -2.37. The molecule has 0 saturated heterocycles. The van der Waals surface area contributed by atoms with Crippen LogP contribution in [0.15, 0.2) is 0 Å². The van der Waals surface area contributed by atoms with Crippen LogP contribution in [-0.2, 0) is 0 Å². The first kappa shape index (κ1) is 14.6. The third-order valence-electron chi connectivity index (χ3n) is 2.24. The molecule has 0 saturated carbocycles. The fraction of sp³-hybridized carbons (Fsp3) is 0.889. The highest BCUT2D eigenvalue weighted by molar-refractivity contribution is 7.99. The third-order valence-corrected chi connectivity index (χ3v) is 3.83. The summed E-state index contributed by atoms with van der Waals surface area (Å²) in [5.74, 6) is -2.47. The van der Waals surface area contributed by atoms with Gasteiger partial charge in [0.25, 0.3) is 0 Å². The lowest BCUT2D eigenvalue weighted by Gasteiger charge is -2.21. The summed E-state index contributed by atoms with van der Waals surface area (Å²) in [6, 6.07) is 0. The molecule has 0 aromatic carbocycles. The second-order valence-electron chi connectivity index (χ2n) is 3.83. The number of thioether (sulfide) groups is 1. The average molecular weight is 242 g/mol. The van der Waals surface area contributed by atoms with Crippen LogP contribution >= 0.6 is 11.8 Å². The lowest BCUT2D eigenvalue weighted by molar-refractivity contribution is -0.150. The highest BCUT2D eigenvalue weighted by atomic mass is 32.2. The van der Waals surface area contributed by atoms with Crippen LogP contribution in [0, 0.1) is 17.2 Å². The molecule has 2 nitrogen and oxygen atoms in total. The Morgan fingerprint density at radius 3 is 2.07 bits per heavy atom. The minimum Gasteiger partial charge on any atom is -0.387 e. The van der Waals surface area contributed by atoms with Gasteiger partial charge in [-0.05, 0) is 5.92 Å². The fourth-order valence-corrected chi connectivity index (χ4v) is 2.05. The van der Waals surface area contributed by atoms with Crippen molar-refractivity contribution in [1.82, 2.24) is 0 Å². The molecule has 0 bridgehead atoms. The molecule has 0 heterocycles. The SMILES string of the molecule is CC(C)C(C)SCC(C(=N)N)C(F)(F)F. The van der Waals surface area contributed by atoms with Crippen LogP contribution in [0.2, 0.25) is 0 Å². The summed E-state index contributed by atoms with van der Waals surface area (Å²) in [5, 5.41) is 7.04. The summed E-state index contributed by atoms with van der Waals surface area (Å²) >= 11 is 1.21. The van der Waals surface area contributed by atoms with Crippen molar-refractivity contribution >= 4 is 17.6 Å². The van der Waals surface area contributed by atoms with Gasteiger partial charge in [0.1, 0.15) is 11.8 Å². The summed E-state index contributed by atoms with van der Waals surface area (Å²) in [6.07, 6.45) is -4.41. The molecule has 3 N–H and O–H groups in total. The number of alkyl halides is 3. The van der Waals surface area contributed by atoms with Gasteiger partial charge >= 0.3 is 6.18 Å². The van der Waals surface area contributed by atoms with Crippen molar-refractivity contribution in [3.8, 4) is 0 Å².